The molecule has 0 amide bonds. The zero-order valence-electron chi connectivity index (χ0n) is 7.23. The van der Waals surface area contributed by atoms with Gasteiger partial charge in [-0.25, -0.2) is 0 Å². The van der Waals surface area contributed by atoms with Gasteiger partial charge in [-0.1, -0.05) is 19.8 Å². The smallest absolute Gasteiger partial charge is 0.305 e. The summed E-state index contributed by atoms with van der Waals surface area (Å²) in [5.41, 5.74) is 0. The van der Waals surface area contributed by atoms with E-state index in [1.165, 1.54) is 0 Å². The van der Waals surface area contributed by atoms with Crippen LogP contribution in [-0.2, 0) is 26.6 Å². The van der Waals surface area contributed by atoms with E-state index in [1.54, 1.807) is 0 Å². The van der Waals surface area contributed by atoms with E-state index in [4.69, 9.17) is 4.74 Å². The molecular weight excluding hydrogens is 183 g/mol. The van der Waals surface area contributed by atoms with Crippen molar-refractivity contribution in [1.82, 2.24) is 0 Å². The molecule has 1 radical (unpaired) electrons. The van der Waals surface area contributed by atoms with Crippen molar-refractivity contribution in [1.29, 1.82) is 0 Å². The molecule has 0 unspecified atom stereocenters. The van der Waals surface area contributed by atoms with E-state index in [0.29, 0.717) is 13.0 Å². The average Bonchev–Trinajstić information content (AvgIpc) is 1.89. The maximum absolute atomic E-state index is 10.7. The van der Waals surface area contributed by atoms with Gasteiger partial charge in [-0.3, -0.25) is 4.79 Å². The van der Waals surface area contributed by atoms with Crippen molar-refractivity contribution in [3.63, 3.8) is 0 Å². The molecule has 0 bridgehead atoms. The minimum Gasteiger partial charge on any atom is -0.466 e. The van der Waals surface area contributed by atoms with E-state index >= 15 is 0 Å². The first-order valence-electron chi connectivity index (χ1n) is 3.96. The zero-order valence-corrected chi connectivity index (χ0v) is 8.41. The van der Waals surface area contributed by atoms with Crippen molar-refractivity contribution in [3.05, 3.63) is 0 Å². The molecule has 2 nitrogen and oxygen atoms in total. The number of carbonyl (C=O) groups is 1. The van der Waals surface area contributed by atoms with E-state index < -0.39 is 0 Å². The number of carbonyl (C=O) groups excluding carboxylic acids is 1. The number of ether oxygens (including phenoxy) is 1. The quantitative estimate of drug-likeness (QED) is 0.385. The Bertz CT molecular complexity index is 94.1. The molecule has 0 heterocycles. The van der Waals surface area contributed by atoms with Crippen molar-refractivity contribution in [2.75, 3.05) is 6.61 Å². The molecule has 0 atom stereocenters. The van der Waals surface area contributed by atoms with Crippen LogP contribution in [0.4, 0.5) is 0 Å². The fourth-order valence-corrected chi connectivity index (χ4v) is 0.752. The number of hydrogen-bond acceptors (Lipinski definition) is 2. The van der Waals surface area contributed by atoms with E-state index in [2.05, 4.69) is 6.92 Å². The summed E-state index contributed by atoms with van der Waals surface area (Å²) in [4.78, 5) is 10.7. The second-order valence-corrected chi connectivity index (χ2v) is 2.26. The Morgan fingerprint density at radius 3 is 2.36 bits per heavy atom. The predicted molar refractivity (Wildman–Crippen MR) is 40.8 cm³/mol. The van der Waals surface area contributed by atoms with Crippen LogP contribution in [0.5, 0.6) is 0 Å². The van der Waals surface area contributed by atoms with Gasteiger partial charge in [0.2, 0.25) is 0 Å². The summed E-state index contributed by atoms with van der Waals surface area (Å²) in [7, 11) is 0. The molecule has 0 aliphatic carbocycles. The molecule has 0 saturated carbocycles. The number of rotatable bonds is 5. The summed E-state index contributed by atoms with van der Waals surface area (Å²) in [6.07, 6.45) is 3.83. The third kappa shape index (κ3) is 9.99. The summed E-state index contributed by atoms with van der Waals surface area (Å²) in [5, 5.41) is 0. The summed E-state index contributed by atoms with van der Waals surface area (Å²) in [5.74, 6) is -0.0593. The first kappa shape index (κ1) is 13.6. The van der Waals surface area contributed by atoms with Gasteiger partial charge >= 0.3 is 5.97 Å². The van der Waals surface area contributed by atoms with Gasteiger partial charge in [-0.05, 0) is 13.3 Å². The van der Waals surface area contributed by atoms with Crippen molar-refractivity contribution >= 4 is 5.97 Å². The van der Waals surface area contributed by atoms with Crippen LogP contribution in [0.3, 0.4) is 0 Å². The average molecular weight is 199 g/mol. The van der Waals surface area contributed by atoms with Crippen molar-refractivity contribution < 1.29 is 26.6 Å². The van der Waals surface area contributed by atoms with Crippen molar-refractivity contribution in [3.8, 4) is 0 Å². The summed E-state index contributed by atoms with van der Waals surface area (Å²) in [6.45, 7) is 4.45. The van der Waals surface area contributed by atoms with Gasteiger partial charge in [0.05, 0.1) is 6.61 Å². The van der Waals surface area contributed by atoms with Crippen LogP contribution >= 0.6 is 0 Å². The molecular formula is C8H16MnO2. The van der Waals surface area contributed by atoms with Gasteiger partial charge in [0.1, 0.15) is 0 Å². The van der Waals surface area contributed by atoms with Gasteiger partial charge in [-0.15, -0.1) is 0 Å². The fraction of sp³-hybridized carbons (Fsp3) is 0.875. The van der Waals surface area contributed by atoms with Gasteiger partial charge in [0.15, 0.2) is 0 Å². The molecule has 0 saturated heterocycles. The van der Waals surface area contributed by atoms with Gasteiger partial charge in [0, 0.05) is 23.5 Å². The Labute approximate surface area is 79.2 Å². The monoisotopic (exact) mass is 199 g/mol. The second kappa shape index (κ2) is 9.99. The Balaban J connectivity index is 0. The van der Waals surface area contributed by atoms with Crippen LogP contribution in [0, 0.1) is 0 Å². The molecule has 0 aromatic carbocycles. The standard InChI is InChI=1S/C8H16O2.Mn/c1-3-5-6-7-8(9)10-4-2;/h3-7H2,1-2H3;. The molecule has 3 heteroatoms. The summed E-state index contributed by atoms with van der Waals surface area (Å²) < 4.78 is 4.75. The van der Waals surface area contributed by atoms with E-state index in [1.807, 2.05) is 6.92 Å². The molecule has 11 heavy (non-hydrogen) atoms. The Kier molecular flexibility index (Phi) is 12.3. The van der Waals surface area contributed by atoms with Crippen molar-refractivity contribution in [2.24, 2.45) is 0 Å². The Morgan fingerprint density at radius 1 is 1.27 bits per heavy atom. The molecule has 0 rings (SSSR count). The van der Waals surface area contributed by atoms with E-state index in [-0.39, 0.29) is 23.0 Å². The van der Waals surface area contributed by atoms with Gasteiger partial charge < -0.3 is 4.74 Å². The molecule has 0 N–H and O–H groups in total. The maximum atomic E-state index is 10.7. The number of hydrogen-bond donors (Lipinski definition) is 0. The Hall–Kier alpha value is -0.0105. The third-order valence-corrected chi connectivity index (χ3v) is 1.29. The fourth-order valence-electron chi connectivity index (χ4n) is 0.752. The minimum atomic E-state index is -0.0593. The Morgan fingerprint density at radius 2 is 1.91 bits per heavy atom. The maximum Gasteiger partial charge on any atom is 0.305 e. The summed E-state index contributed by atoms with van der Waals surface area (Å²) in [6, 6.07) is 0. The van der Waals surface area contributed by atoms with E-state index in [9.17, 15) is 4.79 Å². The zero-order chi connectivity index (χ0) is 7.82. The third-order valence-electron chi connectivity index (χ3n) is 1.29. The minimum absolute atomic E-state index is 0. The molecule has 0 aromatic heterocycles. The topological polar surface area (TPSA) is 26.3 Å². The molecule has 0 aliphatic rings. The van der Waals surface area contributed by atoms with Gasteiger partial charge in [0.25, 0.3) is 0 Å². The van der Waals surface area contributed by atoms with Crippen LogP contribution in [0.2, 0.25) is 0 Å². The first-order valence-corrected chi connectivity index (χ1v) is 3.96. The van der Waals surface area contributed by atoms with Crippen LogP contribution in [0.15, 0.2) is 0 Å². The number of esters is 1. The van der Waals surface area contributed by atoms with Crippen LogP contribution in [0.25, 0.3) is 0 Å². The van der Waals surface area contributed by atoms with E-state index in [0.717, 1.165) is 19.3 Å². The molecule has 0 aromatic rings. The molecule has 0 aliphatic heterocycles. The SMILES string of the molecule is CCCCCC(=O)OCC.[Mn]. The molecule has 67 valence electrons. The second-order valence-electron chi connectivity index (χ2n) is 2.26. The summed E-state index contributed by atoms with van der Waals surface area (Å²) >= 11 is 0. The van der Waals surface area contributed by atoms with Crippen LogP contribution in [-0.4, -0.2) is 12.6 Å². The van der Waals surface area contributed by atoms with Crippen LogP contribution < -0.4 is 0 Å². The van der Waals surface area contributed by atoms with Crippen LogP contribution in [0.1, 0.15) is 39.5 Å². The van der Waals surface area contributed by atoms with Crippen molar-refractivity contribution in [2.45, 2.75) is 39.5 Å². The van der Waals surface area contributed by atoms with Gasteiger partial charge in [-0.2, -0.15) is 0 Å². The normalized spacial score (nSPS) is 8.55. The molecule has 0 fully saturated rings. The first-order chi connectivity index (χ1) is 4.81. The molecule has 0 spiro atoms. The predicted octanol–water partition coefficient (Wildman–Crippen LogP) is 2.13. The largest absolute Gasteiger partial charge is 0.466 e. The number of unbranched alkanes of at least 4 members (excludes halogenated alkanes) is 2.